The zero-order valence-electron chi connectivity index (χ0n) is 21.3. The largest absolute Gasteiger partial charge is 0.493 e. The Morgan fingerprint density at radius 2 is 1.77 bits per heavy atom. The molecule has 10 heteroatoms. The maximum Gasteiger partial charge on any atom is 0.220 e. The molecule has 5 rings (SSSR count). The lowest BCUT2D eigenvalue weighted by Gasteiger charge is -2.17. The zero-order chi connectivity index (χ0) is 27.4. The summed E-state index contributed by atoms with van der Waals surface area (Å²) < 4.78 is 27.0. The van der Waals surface area contributed by atoms with Gasteiger partial charge in [0.05, 0.1) is 7.11 Å². The van der Waals surface area contributed by atoms with Gasteiger partial charge < -0.3 is 9.47 Å². The van der Waals surface area contributed by atoms with Crippen molar-refractivity contribution in [1.29, 1.82) is 0 Å². The van der Waals surface area contributed by atoms with E-state index < -0.39 is 5.25 Å². The summed E-state index contributed by atoms with van der Waals surface area (Å²) in [5, 5.41) is 22.1. The van der Waals surface area contributed by atoms with Gasteiger partial charge in [-0.3, -0.25) is 14.7 Å². The molecule has 0 aliphatic rings. The third kappa shape index (κ3) is 5.85. The summed E-state index contributed by atoms with van der Waals surface area (Å²) in [5.74, 6) is 1.22. The number of hydrogen-bond acceptors (Lipinski definition) is 7. The first kappa shape index (κ1) is 26.2. The normalized spacial score (nSPS) is 11.9. The predicted octanol–water partition coefficient (Wildman–Crippen LogP) is 6.57. The second kappa shape index (κ2) is 11.5. The van der Waals surface area contributed by atoms with E-state index in [0.29, 0.717) is 40.3 Å². The highest BCUT2D eigenvalue weighted by atomic mass is 32.2. The summed E-state index contributed by atoms with van der Waals surface area (Å²) in [6.07, 6.45) is 0. The summed E-state index contributed by atoms with van der Waals surface area (Å²) in [5.41, 5.74) is 2.38. The monoisotopic (exact) mass is 544 g/mol. The van der Waals surface area contributed by atoms with Crippen LogP contribution < -0.4 is 9.47 Å². The molecule has 0 saturated heterocycles. The lowest BCUT2D eigenvalue weighted by molar-refractivity contribution is -0.479. The van der Waals surface area contributed by atoms with Crippen molar-refractivity contribution < 1.29 is 18.8 Å². The number of aryl methyl sites for hydroxylation is 1. The van der Waals surface area contributed by atoms with Crippen LogP contribution in [0, 0.1) is 22.9 Å². The molecule has 8 nitrogen and oxygen atoms in total. The molecule has 0 spiro atoms. The van der Waals surface area contributed by atoms with Gasteiger partial charge in [0.15, 0.2) is 16.7 Å². The van der Waals surface area contributed by atoms with Crippen molar-refractivity contribution in [3.05, 3.63) is 118 Å². The first-order chi connectivity index (χ1) is 18.9. The molecule has 0 fully saturated rings. The number of hydrogen-bond donors (Lipinski definition) is 0. The third-order valence-electron chi connectivity index (χ3n) is 6.27. The van der Waals surface area contributed by atoms with Gasteiger partial charge in [-0.2, -0.15) is 0 Å². The first-order valence-electron chi connectivity index (χ1n) is 12.2. The molecule has 0 bridgehead atoms. The molecule has 0 unspecified atom stereocenters. The van der Waals surface area contributed by atoms with Gasteiger partial charge in [-0.25, -0.2) is 4.39 Å². The van der Waals surface area contributed by atoms with Crippen molar-refractivity contribution in [1.82, 2.24) is 14.8 Å². The Balaban J connectivity index is 1.41. The fourth-order valence-corrected chi connectivity index (χ4v) is 5.52. The molecular formula is C29H25FN4O4S. The van der Waals surface area contributed by atoms with Crippen LogP contribution in [0.2, 0.25) is 0 Å². The molecule has 0 aliphatic heterocycles. The second-order valence-electron chi connectivity index (χ2n) is 8.80. The highest BCUT2D eigenvalue weighted by Crippen LogP contribution is 2.39. The van der Waals surface area contributed by atoms with Gasteiger partial charge in [0.1, 0.15) is 23.5 Å². The smallest absolute Gasteiger partial charge is 0.220 e. The van der Waals surface area contributed by atoms with Gasteiger partial charge in [-0.15, -0.1) is 10.2 Å². The quantitative estimate of drug-likeness (QED) is 0.112. The van der Waals surface area contributed by atoms with Crippen molar-refractivity contribution in [2.45, 2.75) is 23.9 Å². The Bertz CT molecular complexity index is 1620. The Labute approximate surface area is 228 Å². The van der Waals surface area contributed by atoms with Crippen LogP contribution in [0.5, 0.6) is 11.5 Å². The first-order valence-corrected chi connectivity index (χ1v) is 13.0. The highest BCUT2D eigenvalue weighted by Gasteiger charge is 2.25. The Morgan fingerprint density at radius 1 is 1.00 bits per heavy atom. The number of aromatic nitrogens is 3. The molecule has 5 aromatic rings. The molecular weight excluding hydrogens is 519 g/mol. The van der Waals surface area contributed by atoms with Gasteiger partial charge in [-0.1, -0.05) is 60.3 Å². The maximum atomic E-state index is 13.5. The van der Waals surface area contributed by atoms with Gasteiger partial charge in [0, 0.05) is 10.6 Å². The Morgan fingerprint density at radius 3 is 2.54 bits per heavy atom. The number of halogens is 1. The van der Waals surface area contributed by atoms with Crippen LogP contribution in [-0.4, -0.2) is 33.3 Å². The molecule has 4 aromatic carbocycles. The lowest BCUT2D eigenvalue weighted by Crippen LogP contribution is -2.11. The van der Waals surface area contributed by atoms with E-state index in [-0.39, 0.29) is 17.3 Å². The van der Waals surface area contributed by atoms with Gasteiger partial charge in [-0.05, 0) is 65.2 Å². The zero-order valence-corrected chi connectivity index (χ0v) is 22.1. The number of thioether (sulfide) groups is 1. The van der Waals surface area contributed by atoms with Crippen LogP contribution in [0.1, 0.15) is 22.2 Å². The van der Waals surface area contributed by atoms with Crippen LogP contribution in [0.15, 0.2) is 90.1 Å². The van der Waals surface area contributed by atoms with Gasteiger partial charge in [0.2, 0.25) is 6.54 Å². The SMILES string of the molecule is COc1cc([C@H](C[N+](=O)[O-])Sc2nnc(C)n2-c2ccc(F)cc2)ccc1OCc1cccc2ccccc12. The lowest BCUT2D eigenvalue weighted by atomic mass is 10.1. The van der Waals surface area contributed by atoms with Crippen LogP contribution in [-0.2, 0) is 6.61 Å². The van der Waals surface area contributed by atoms with Crippen molar-refractivity contribution >= 4 is 22.5 Å². The number of methoxy groups -OCH3 is 1. The van der Waals surface area contributed by atoms with Crippen LogP contribution >= 0.6 is 11.8 Å². The van der Waals surface area contributed by atoms with E-state index in [9.17, 15) is 14.5 Å². The van der Waals surface area contributed by atoms with Crippen molar-refractivity contribution in [3.63, 3.8) is 0 Å². The number of fused-ring (bicyclic) bond motifs is 1. The van der Waals surface area contributed by atoms with E-state index in [4.69, 9.17) is 9.47 Å². The molecule has 0 N–H and O–H groups in total. The Kier molecular flexibility index (Phi) is 7.74. The number of ether oxygens (including phenoxy) is 2. The second-order valence-corrected chi connectivity index (χ2v) is 9.97. The number of nitrogens with zero attached hydrogens (tertiary/aromatic N) is 4. The number of rotatable bonds is 10. The number of benzene rings is 4. The highest BCUT2D eigenvalue weighted by molar-refractivity contribution is 7.99. The average Bonchev–Trinajstić information content (AvgIpc) is 3.31. The van der Waals surface area contributed by atoms with Crippen molar-refractivity contribution in [2.24, 2.45) is 0 Å². The standard InChI is InChI=1S/C29H25FN4O4S/c1-19-31-32-29(34(19)24-13-11-23(30)12-14-24)39-28(17-33(35)36)21-10-15-26(27(16-21)37-2)38-18-22-8-5-7-20-6-3-4-9-25(20)22/h3-16,28H,17-18H2,1-2H3/t28-/m0/s1. The minimum atomic E-state index is -0.594. The molecule has 1 atom stereocenters. The summed E-state index contributed by atoms with van der Waals surface area (Å²) in [6.45, 7) is 1.76. The molecule has 198 valence electrons. The summed E-state index contributed by atoms with van der Waals surface area (Å²) in [4.78, 5) is 11.2. The molecule has 0 saturated carbocycles. The Hall–Kier alpha value is -4.44. The minimum absolute atomic E-state index is 0.337. The average molecular weight is 545 g/mol. The fourth-order valence-electron chi connectivity index (χ4n) is 4.36. The molecule has 1 heterocycles. The minimum Gasteiger partial charge on any atom is -0.493 e. The van der Waals surface area contributed by atoms with Crippen LogP contribution in [0.3, 0.4) is 0 Å². The van der Waals surface area contributed by atoms with Crippen molar-refractivity contribution in [3.8, 4) is 17.2 Å². The van der Waals surface area contributed by atoms with E-state index in [1.165, 1.54) is 31.0 Å². The molecule has 39 heavy (non-hydrogen) atoms. The number of nitro groups is 1. The van der Waals surface area contributed by atoms with E-state index in [0.717, 1.165) is 16.3 Å². The molecule has 0 amide bonds. The molecule has 0 radical (unpaired) electrons. The summed E-state index contributed by atoms with van der Waals surface area (Å²) in [7, 11) is 1.54. The molecule has 1 aromatic heterocycles. The summed E-state index contributed by atoms with van der Waals surface area (Å²) >= 11 is 1.21. The van der Waals surface area contributed by atoms with Crippen LogP contribution in [0.4, 0.5) is 4.39 Å². The van der Waals surface area contributed by atoms with Gasteiger partial charge >= 0.3 is 0 Å². The van der Waals surface area contributed by atoms with E-state index in [1.54, 1.807) is 41.8 Å². The van der Waals surface area contributed by atoms with Crippen molar-refractivity contribution in [2.75, 3.05) is 13.7 Å². The topological polar surface area (TPSA) is 92.3 Å². The molecule has 0 aliphatic carbocycles. The van der Waals surface area contributed by atoms with E-state index >= 15 is 0 Å². The van der Waals surface area contributed by atoms with E-state index in [2.05, 4.69) is 28.4 Å². The predicted molar refractivity (Wildman–Crippen MR) is 148 cm³/mol. The van der Waals surface area contributed by atoms with Gasteiger partial charge in [0.25, 0.3) is 0 Å². The van der Waals surface area contributed by atoms with Crippen LogP contribution in [0.25, 0.3) is 16.5 Å². The van der Waals surface area contributed by atoms with E-state index in [1.807, 2.05) is 24.3 Å². The summed E-state index contributed by atoms with van der Waals surface area (Å²) in [6, 6.07) is 25.4. The third-order valence-corrected chi connectivity index (χ3v) is 7.45. The fraction of sp³-hybridized carbons (Fsp3) is 0.172. The maximum absolute atomic E-state index is 13.5.